The molecule has 21 heavy (non-hydrogen) atoms. The van der Waals surface area contributed by atoms with Crippen molar-refractivity contribution in [2.75, 3.05) is 6.54 Å². The van der Waals surface area contributed by atoms with Crippen LogP contribution in [0.2, 0.25) is 5.02 Å². The Kier molecular flexibility index (Phi) is 6.03. The molecule has 1 unspecified atom stereocenters. The quantitative estimate of drug-likeness (QED) is 0.786. The van der Waals surface area contributed by atoms with Gasteiger partial charge in [-0.25, -0.2) is 9.97 Å². The minimum atomic E-state index is 0.303. The Balaban J connectivity index is 2.12. The van der Waals surface area contributed by atoms with Crippen molar-refractivity contribution in [1.82, 2.24) is 15.3 Å². The van der Waals surface area contributed by atoms with Crippen LogP contribution >= 0.6 is 23.4 Å². The smallest absolute Gasteiger partial charge is 0.192 e. The predicted octanol–water partition coefficient (Wildman–Crippen LogP) is 4.65. The van der Waals surface area contributed by atoms with Crippen LogP contribution in [-0.4, -0.2) is 16.5 Å². The number of hydrogen-bond acceptors (Lipinski definition) is 4. The van der Waals surface area contributed by atoms with Crippen LogP contribution in [0.3, 0.4) is 0 Å². The Hall–Kier alpha value is -1.10. The Morgan fingerprint density at radius 1 is 1.33 bits per heavy atom. The number of benzene rings is 1. The molecule has 1 atom stereocenters. The molecule has 2 rings (SSSR count). The van der Waals surface area contributed by atoms with Gasteiger partial charge in [-0.1, -0.05) is 24.6 Å². The van der Waals surface area contributed by atoms with Gasteiger partial charge in [-0.15, -0.1) is 0 Å². The highest BCUT2D eigenvalue weighted by Crippen LogP contribution is 2.33. The first kappa shape index (κ1) is 16.3. The van der Waals surface area contributed by atoms with Crippen LogP contribution in [0.1, 0.15) is 37.6 Å². The third-order valence-corrected chi connectivity index (χ3v) is 4.51. The monoisotopic (exact) mass is 321 g/mol. The molecule has 0 bridgehead atoms. The first-order valence-electron chi connectivity index (χ1n) is 7.10. The van der Waals surface area contributed by atoms with Gasteiger partial charge in [0.2, 0.25) is 0 Å². The number of rotatable bonds is 6. The predicted molar refractivity (Wildman–Crippen MR) is 89.1 cm³/mol. The molecule has 2 aromatic rings. The van der Waals surface area contributed by atoms with Crippen LogP contribution in [0.5, 0.6) is 0 Å². The summed E-state index contributed by atoms with van der Waals surface area (Å²) in [5.74, 6) is 0. The second-order valence-corrected chi connectivity index (χ2v) is 6.36. The van der Waals surface area contributed by atoms with Gasteiger partial charge in [-0.3, -0.25) is 0 Å². The fourth-order valence-corrected chi connectivity index (χ4v) is 3.02. The number of aryl methyl sites for hydroxylation is 1. The van der Waals surface area contributed by atoms with Gasteiger partial charge in [-0.05, 0) is 62.3 Å². The molecule has 1 heterocycles. The van der Waals surface area contributed by atoms with Gasteiger partial charge in [0.25, 0.3) is 0 Å². The lowest BCUT2D eigenvalue weighted by molar-refractivity contribution is 0.570. The molecular weight excluding hydrogens is 302 g/mol. The van der Waals surface area contributed by atoms with Gasteiger partial charge in [0, 0.05) is 22.8 Å². The number of nitrogens with one attached hydrogen (secondary N) is 1. The minimum absolute atomic E-state index is 0.303. The lowest BCUT2D eigenvalue weighted by Gasteiger charge is -2.15. The first-order chi connectivity index (χ1) is 10.1. The summed E-state index contributed by atoms with van der Waals surface area (Å²) in [4.78, 5) is 9.62. The fourth-order valence-electron chi connectivity index (χ4n) is 1.92. The summed E-state index contributed by atoms with van der Waals surface area (Å²) in [7, 11) is 0. The van der Waals surface area contributed by atoms with E-state index in [0.717, 1.165) is 33.7 Å². The molecule has 1 aromatic heterocycles. The molecule has 3 nitrogen and oxygen atoms in total. The Morgan fingerprint density at radius 3 is 2.81 bits per heavy atom. The summed E-state index contributed by atoms with van der Waals surface area (Å²) < 4.78 is 0. The summed E-state index contributed by atoms with van der Waals surface area (Å²) in [6, 6.07) is 8.36. The van der Waals surface area contributed by atoms with Crippen molar-refractivity contribution in [3.05, 3.63) is 46.7 Å². The number of hydrogen-bond donors (Lipinski definition) is 1. The second-order valence-electron chi connectivity index (χ2n) is 4.95. The van der Waals surface area contributed by atoms with E-state index in [-0.39, 0.29) is 0 Å². The van der Waals surface area contributed by atoms with Gasteiger partial charge >= 0.3 is 0 Å². The minimum Gasteiger partial charge on any atom is -0.310 e. The summed E-state index contributed by atoms with van der Waals surface area (Å²) in [6.07, 6.45) is 2.89. The summed E-state index contributed by atoms with van der Waals surface area (Å²) in [5.41, 5.74) is 2.15. The molecule has 0 aliphatic heterocycles. The normalized spacial score (nSPS) is 12.4. The van der Waals surface area contributed by atoms with Crippen molar-refractivity contribution in [3.63, 3.8) is 0 Å². The Bertz CT molecular complexity index is 604. The summed E-state index contributed by atoms with van der Waals surface area (Å²) in [5, 5.41) is 4.93. The molecule has 0 saturated heterocycles. The van der Waals surface area contributed by atoms with Crippen LogP contribution in [0.15, 0.2) is 40.5 Å². The SMILES string of the molecule is CCCNC(C)c1ccc(Sc2nccc(C)n2)c(Cl)c1. The fraction of sp³-hybridized carbons (Fsp3) is 0.375. The lowest BCUT2D eigenvalue weighted by Crippen LogP contribution is -2.19. The standard InChI is InChI=1S/C16H20ClN3S/c1-4-8-18-12(3)13-5-6-15(14(17)10-13)21-16-19-9-7-11(2)20-16/h5-7,9-10,12,18H,4,8H2,1-3H3. The molecule has 0 saturated carbocycles. The van der Waals surface area contributed by atoms with E-state index in [1.165, 1.54) is 17.3 Å². The molecule has 0 amide bonds. The zero-order valence-electron chi connectivity index (χ0n) is 12.6. The maximum atomic E-state index is 6.39. The van der Waals surface area contributed by atoms with Crippen molar-refractivity contribution in [2.45, 2.75) is 43.3 Å². The van der Waals surface area contributed by atoms with E-state index in [2.05, 4.69) is 35.2 Å². The second kappa shape index (κ2) is 7.78. The van der Waals surface area contributed by atoms with Crippen LogP contribution in [0.4, 0.5) is 0 Å². The molecule has 1 aromatic carbocycles. The van der Waals surface area contributed by atoms with Gasteiger partial charge in [0.05, 0.1) is 5.02 Å². The molecule has 1 N–H and O–H groups in total. The maximum absolute atomic E-state index is 6.39. The maximum Gasteiger partial charge on any atom is 0.192 e. The Labute approximate surface area is 135 Å². The van der Waals surface area contributed by atoms with E-state index in [1.54, 1.807) is 6.20 Å². The van der Waals surface area contributed by atoms with Crippen molar-refractivity contribution in [1.29, 1.82) is 0 Å². The van der Waals surface area contributed by atoms with E-state index in [4.69, 9.17) is 11.6 Å². The van der Waals surface area contributed by atoms with E-state index < -0.39 is 0 Å². The van der Waals surface area contributed by atoms with Gasteiger partial charge < -0.3 is 5.32 Å². The molecular formula is C16H20ClN3S. The van der Waals surface area contributed by atoms with Gasteiger partial charge in [0.15, 0.2) is 5.16 Å². The third-order valence-electron chi connectivity index (χ3n) is 3.13. The van der Waals surface area contributed by atoms with Gasteiger partial charge in [-0.2, -0.15) is 0 Å². The topological polar surface area (TPSA) is 37.8 Å². The van der Waals surface area contributed by atoms with E-state index in [9.17, 15) is 0 Å². The zero-order chi connectivity index (χ0) is 15.2. The Morgan fingerprint density at radius 2 is 2.14 bits per heavy atom. The molecule has 0 aliphatic rings. The molecule has 0 aliphatic carbocycles. The summed E-state index contributed by atoms with van der Waals surface area (Å²) in [6.45, 7) is 7.27. The number of aromatic nitrogens is 2. The van der Waals surface area contributed by atoms with Crippen molar-refractivity contribution >= 4 is 23.4 Å². The lowest BCUT2D eigenvalue weighted by atomic mass is 10.1. The average molecular weight is 322 g/mol. The average Bonchev–Trinajstić information content (AvgIpc) is 2.47. The number of nitrogens with zero attached hydrogens (tertiary/aromatic N) is 2. The first-order valence-corrected chi connectivity index (χ1v) is 8.30. The number of halogens is 1. The van der Waals surface area contributed by atoms with Crippen molar-refractivity contribution in [3.8, 4) is 0 Å². The zero-order valence-corrected chi connectivity index (χ0v) is 14.1. The van der Waals surface area contributed by atoms with Crippen LogP contribution in [-0.2, 0) is 0 Å². The van der Waals surface area contributed by atoms with E-state index in [1.807, 2.05) is 25.1 Å². The van der Waals surface area contributed by atoms with Crippen LogP contribution in [0.25, 0.3) is 0 Å². The molecule has 0 spiro atoms. The van der Waals surface area contributed by atoms with Gasteiger partial charge in [0.1, 0.15) is 0 Å². The molecule has 112 valence electrons. The van der Waals surface area contributed by atoms with E-state index >= 15 is 0 Å². The highest BCUT2D eigenvalue weighted by atomic mass is 35.5. The summed E-state index contributed by atoms with van der Waals surface area (Å²) >= 11 is 7.89. The van der Waals surface area contributed by atoms with Crippen LogP contribution in [0, 0.1) is 6.92 Å². The van der Waals surface area contributed by atoms with E-state index in [0.29, 0.717) is 6.04 Å². The van der Waals surface area contributed by atoms with Crippen LogP contribution < -0.4 is 5.32 Å². The molecule has 0 fully saturated rings. The highest BCUT2D eigenvalue weighted by molar-refractivity contribution is 7.99. The highest BCUT2D eigenvalue weighted by Gasteiger charge is 2.09. The van der Waals surface area contributed by atoms with Crippen molar-refractivity contribution < 1.29 is 0 Å². The molecule has 5 heteroatoms. The third kappa shape index (κ3) is 4.70. The van der Waals surface area contributed by atoms with Crippen molar-refractivity contribution in [2.24, 2.45) is 0 Å². The largest absolute Gasteiger partial charge is 0.310 e. The molecule has 0 radical (unpaired) electrons.